The summed E-state index contributed by atoms with van der Waals surface area (Å²) >= 11 is 0. The second kappa shape index (κ2) is 4.22. The zero-order valence-electron chi connectivity index (χ0n) is 11.0. The van der Waals surface area contributed by atoms with Crippen molar-refractivity contribution in [2.45, 2.75) is 24.9 Å². The van der Waals surface area contributed by atoms with E-state index in [0.717, 1.165) is 19.0 Å². The quantitative estimate of drug-likeness (QED) is 0.828. The van der Waals surface area contributed by atoms with Gasteiger partial charge < -0.3 is 4.74 Å². The Kier molecular flexibility index (Phi) is 2.73. The number of pyridine rings is 1. The number of halogens is 1. The molecule has 20 heavy (non-hydrogen) atoms. The Morgan fingerprint density at radius 1 is 1.45 bits per heavy atom. The van der Waals surface area contributed by atoms with Crippen molar-refractivity contribution in [3.63, 3.8) is 0 Å². The number of hydrogen-bond donors (Lipinski definition) is 0. The number of rotatable bonds is 2. The van der Waals surface area contributed by atoms with Crippen LogP contribution in [0.25, 0.3) is 0 Å². The van der Waals surface area contributed by atoms with E-state index in [1.54, 1.807) is 0 Å². The van der Waals surface area contributed by atoms with E-state index >= 15 is 0 Å². The molecule has 0 N–H and O–H groups in total. The molecule has 0 amide bonds. The summed E-state index contributed by atoms with van der Waals surface area (Å²) in [6.45, 7) is 0. The average molecular weight is 272 g/mol. The van der Waals surface area contributed by atoms with Gasteiger partial charge in [0.25, 0.3) is 0 Å². The molecule has 0 radical (unpaired) electrons. The standard InChI is InChI=1S/C15H13FN2O2/c1-20-15(12-3-2-11(16)8-18-12)6-10(7-17)13(19)14(9-15)4-5-14/h2-3,6,8H,4-5,9H2,1H3. The molecule has 0 saturated heterocycles. The van der Waals surface area contributed by atoms with Gasteiger partial charge in [-0.3, -0.25) is 9.78 Å². The number of methoxy groups -OCH3 is 1. The van der Waals surface area contributed by atoms with Crippen molar-refractivity contribution in [3.05, 3.63) is 41.5 Å². The first-order chi connectivity index (χ1) is 9.55. The van der Waals surface area contributed by atoms with Crippen LogP contribution in [0.2, 0.25) is 0 Å². The first-order valence-electron chi connectivity index (χ1n) is 6.40. The number of nitrogens with zero attached hydrogens (tertiary/aromatic N) is 2. The molecule has 0 aliphatic heterocycles. The Hall–Kier alpha value is -2.06. The predicted octanol–water partition coefficient (Wildman–Crippen LogP) is 2.27. The van der Waals surface area contributed by atoms with Crippen LogP contribution in [0.5, 0.6) is 0 Å². The molecule has 1 aromatic heterocycles. The lowest BCUT2D eigenvalue weighted by molar-refractivity contribution is -0.124. The third kappa shape index (κ3) is 1.76. The first kappa shape index (κ1) is 12.9. The highest BCUT2D eigenvalue weighted by atomic mass is 19.1. The van der Waals surface area contributed by atoms with Gasteiger partial charge in [-0.15, -0.1) is 0 Å². The fourth-order valence-corrected chi connectivity index (χ4v) is 2.88. The molecule has 1 heterocycles. The Morgan fingerprint density at radius 3 is 2.70 bits per heavy atom. The van der Waals surface area contributed by atoms with Crippen molar-refractivity contribution in [1.29, 1.82) is 5.26 Å². The highest BCUT2D eigenvalue weighted by Gasteiger charge is 2.58. The van der Waals surface area contributed by atoms with Gasteiger partial charge in [0.15, 0.2) is 5.78 Å². The SMILES string of the molecule is COC1(c2ccc(F)cn2)C=C(C#N)C(=O)C2(CC2)C1. The molecule has 1 fully saturated rings. The summed E-state index contributed by atoms with van der Waals surface area (Å²) in [5.41, 5.74) is -0.788. The monoisotopic (exact) mass is 272 g/mol. The van der Waals surface area contributed by atoms with Gasteiger partial charge in [-0.2, -0.15) is 5.26 Å². The summed E-state index contributed by atoms with van der Waals surface area (Å²) in [6, 6.07) is 4.79. The van der Waals surface area contributed by atoms with Crippen LogP contribution in [0.4, 0.5) is 4.39 Å². The van der Waals surface area contributed by atoms with Crippen LogP contribution in [0, 0.1) is 22.6 Å². The van der Waals surface area contributed by atoms with E-state index in [4.69, 9.17) is 10.00 Å². The maximum Gasteiger partial charge on any atom is 0.179 e. The van der Waals surface area contributed by atoms with E-state index in [1.807, 2.05) is 6.07 Å². The molecule has 4 nitrogen and oxygen atoms in total. The van der Waals surface area contributed by atoms with Crippen LogP contribution in [-0.2, 0) is 15.1 Å². The minimum atomic E-state index is -0.927. The molecular formula is C15H13FN2O2. The summed E-state index contributed by atoms with van der Waals surface area (Å²) in [7, 11) is 1.52. The topological polar surface area (TPSA) is 63.0 Å². The number of Topliss-reactive ketones (excluding diaryl/α,β-unsaturated/α-hetero) is 1. The molecule has 102 valence electrons. The number of hydrogen-bond acceptors (Lipinski definition) is 4. The van der Waals surface area contributed by atoms with Gasteiger partial charge in [0.05, 0.1) is 17.5 Å². The largest absolute Gasteiger partial charge is 0.368 e. The number of carbonyl (C=O) groups excluding carboxylic acids is 1. The lowest BCUT2D eigenvalue weighted by atomic mass is 9.74. The van der Waals surface area contributed by atoms with Crippen LogP contribution in [0.15, 0.2) is 30.0 Å². The molecule has 5 heteroatoms. The lowest BCUT2D eigenvalue weighted by Crippen LogP contribution is -2.39. The molecule has 1 atom stereocenters. The van der Waals surface area contributed by atoms with Gasteiger partial charge in [-0.1, -0.05) is 0 Å². The maximum absolute atomic E-state index is 13.0. The van der Waals surface area contributed by atoms with E-state index in [2.05, 4.69) is 4.98 Å². The second-order valence-electron chi connectivity index (χ2n) is 5.41. The Bertz CT molecular complexity index is 641. The van der Waals surface area contributed by atoms with Gasteiger partial charge >= 0.3 is 0 Å². The van der Waals surface area contributed by atoms with Crippen molar-refractivity contribution in [2.75, 3.05) is 7.11 Å². The zero-order chi connectivity index (χ0) is 14.4. The number of ether oxygens (including phenoxy) is 1. The van der Waals surface area contributed by atoms with Crippen molar-refractivity contribution in [2.24, 2.45) is 5.41 Å². The first-order valence-corrected chi connectivity index (χ1v) is 6.40. The molecule has 1 unspecified atom stereocenters. The summed E-state index contributed by atoms with van der Waals surface area (Å²) in [6.07, 6.45) is 4.62. The smallest absolute Gasteiger partial charge is 0.179 e. The number of ketones is 1. The van der Waals surface area contributed by atoms with E-state index in [1.165, 1.54) is 25.3 Å². The van der Waals surface area contributed by atoms with Crippen molar-refractivity contribution in [3.8, 4) is 6.07 Å². The summed E-state index contributed by atoms with van der Waals surface area (Å²) in [5.74, 6) is -0.535. The minimum Gasteiger partial charge on any atom is -0.368 e. The Balaban J connectivity index is 2.13. The van der Waals surface area contributed by atoms with Crippen LogP contribution in [-0.4, -0.2) is 17.9 Å². The Morgan fingerprint density at radius 2 is 2.20 bits per heavy atom. The molecule has 1 spiro atoms. The van der Waals surface area contributed by atoms with Crippen molar-refractivity contribution >= 4 is 5.78 Å². The zero-order valence-corrected chi connectivity index (χ0v) is 11.0. The maximum atomic E-state index is 13.0. The number of nitriles is 1. The minimum absolute atomic E-state index is 0.102. The second-order valence-corrected chi connectivity index (χ2v) is 5.41. The fourth-order valence-electron chi connectivity index (χ4n) is 2.88. The van der Waals surface area contributed by atoms with Gasteiger partial charge in [0.1, 0.15) is 17.5 Å². The van der Waals surface area contributed by atoms with E-state index < -0.39 is 16.8 Å². The van der Waals surface area contributed by atoms with Crippen LogP contribution < -0.4 is 0 Å². The molecule has 0 bridgehead atoms. The van der Waals surface area contributed by atoms with Gasteiger partial charge in [0.2, 0.25) is 0 Å². The predicted molar refractivity (Wildman–Crippen MR) is 67.9 cm³/mol. The molecular weight excluding hydrogens is 259 g/mol. The molecule has 2 aliphatic carbocycles. The normalized spacial score (nSPS) is 27.1. The summed E-state index contributed by atoms with van der Waals surface area (Å²) < 4.78 is 18.6. The summed E-state index contributed by atoms with van der Waals surface area (Å²) in [4.78, 5) is 16.3. The van der Waals surface area contributed by atoms with Crippen LogP contribution in [0.3, 0.4) is 0 Å². The molecule has 0 aromatic carbocycles. The van der Waals surface area contributed by atoms with Gasteiger partial charge in [-0.05, 0) is 37.5 Å². The Labute approximate surface area is 115 Å². The molecule has 1 saturated carbocycles. The average Bonchev–Trinajstić information content (AvgIpc) is 3.23. The lowest BCUT2D eigenvalue weighted by Gasteiger charge is -2.36. The van der Waals surface area contributed by atoms with Crippen molar-refractivity contribution < 1.29 is 13.9 Å². The molecule has 3 rings (SSSR count). The summed E-state index contributed by atoms with van der Waals surface area (Å²) in [5, 5.41) is 9.17. The highest BCUT2D eigenvalue weighted by Crippen LogP contribution is 2.58. The van der Waals surface area contributed by atoms with E-state index in [-0.39, 0.29) is 11.4 Å². The number of aromatic nitrogens is 1. The van der Waals surface area contributed by atoms with Crippen LogP contribution >= 0.6 is 0 Å². The van der Waals surface area contributed by atoms with E-state index in [0.29, 0.717) is 12.1 Å². The molecule has 1 aromatic rings. The van der Waals surface area contributed by atoms with E-state index in [9.17, 15) is 9.18 Å². The number of carbonyl (C=O) groups is 1. The third-order valence-electron chi connectivity index (χ3n) is 4.20. The highest BCUT2D eigenvalue weighted by molar-refractivity contribution is 6.06. The van der Waals surface area contributed by atoms with Crippen LogP contribution in [0.1, 0.15) is 25.0 Å². The third-order valence-corrected chi connectivity index (χ3v) is 4.20. The molecule has 2 aliphatic rings. The fraction of sp³-hybridized carbons (Fsp3) is 0.400. The van der Waals surface area contributed by atoms with Crippen molar-refractivity contribution in [1.82, 2.24) is 4.98 Å². The van der Waals surface area contributed by atoms with Gasteiger partial charge in [0, 0.05) is 12.5 Å². The van der Waals surface area contributed by atoms with Gasteiger partial charge in [-0.25, -0.2) is 4.39 Å². The number of allylic oxidation sites excluding steroid dienone is 1.